The van der Waals surface area contributed by atoms with Gasteiger partial charge in [0.1, 0.15) is 0 Å². The van der Waals surface area contributed by atoms with Gasteiger partial charge in [-0.2, -0.15) is 20.1 Å². The first kappa shape index (κ1) is 14.3. The molecule has 0 aliphatic rings. The maximum atomic E-state index is 11.1. The van der Waals surface area contributed by atoms with Crippen molar-refractivity contribution in [2.45, 2.75) is 11.6 Å². The van der Waals surface area contributed by atoms with Crippen molar-refractivity contribution in [1.82, 2.24) is 24.7 Å². The van der Waals surface area contributed by atoms with Crippen LogP contribution in [0, 0.1) is 0 Å². The van der Waals surface area contributed by atoms with E-state index in [1.54, 1.807) is 30.2 Å². The number of carbonyl (C=O) groups is 1. The molecular formula is C11H14N6O2S. The molecule has 1 N–H and O–H groups in total. The van der Waals surface area contributed by atoms with Gasteiger partial charge < -0.3 is 10.1 Å². The first-order valence-electron chi connectivity index (χ1n) is 5.86. The topological polar surface area (TPSA) is 94.8 Å². The second-order valence-electron chi connectivity index (χ2n) is 3.62. The van der Waals surface area contributed by atoms with Crippen molar-refractivity contribution in [2.24, 2.45) is 0 Å². The summed E-state index contributed by atoms with van der Waals surface area (Å²) in [4.78, 5) is 23.8. The molecular weight excluding hydrogens is 280 g/mol. The number of nitrogens with one attached hydrogen (secondary N) is 1. The summed E-state index contributed by atoms with van der Waals surface area (Å²) in [7, 11) is 3.09. The Balaban J connectivity index is 2.12. The van der Waals surface area contributed by atoms with Crippen molar-refractivity contribution in [2.75, 3.05) is 25.2 Å². The average Bonchev–Trinajstić information content (AvgIpc) is 3.01. The molecule has 2 aromatic heterocycles. The highest BCUT2D eigenvalue weighted by Gasteiger charge is 2.09. The maximum absolute atomic E-state index is 11.1. The molecule has 0 fully saturated rings. The third-order valence-electron chi connectivity index (χ3n) is 2.30. The molecule has 0 saturated carbocycles. The highest BCUT2D eigenvalue weighted by molar-refractivity contribution is 7.99. The summed E-state index contributed by atoms with van der Waals surface area (Å²) in [6.07, 6.45) is 3.70. The van der Waals surface area contributed by atoms with Crippen LogP contribution in [0.5, 0.6) is 0 Å². The van der Waals surface area contributed by atoms with Crippen LogP contribution >= 0.6 is 11.8 Å². The lowest BCUT2D eigenvalue weighted by Gasteiger charge is -2.06. The number of anilines is 1. The van der Waals surface area contributed by atoms with E-state index in [9.17, 15) is 4.79 Å². The highest BCUT2D eigenvalue weighted by atomic mass is 32.2. The van der Waals surface area contributed by atoms with E-state index in [1.807, 2.05) is 0 Å². The van der Waals surface area contributed by atoms with E-state index in [0.29, 0.717) is 29.2 Å². The Bertz CT molecular complexity index is 574. The van der Waals surface area contributed by atoms with Crippen LogP contribution in [0.15, 0.2) is 23.6 Å². The van der Waals surface area contributed by atoms with Crippen molar-refractivity contribution in [3.8, 4) is 5.95 Å². The standard InChI is InChI=1S/C11H14N6O2S/c1-12-9-14-10(17-6-3-5-13-17)16-11(15-9)20-7-4-8(18)19-2/h3,5-6H,4,7H2,1-2H3,(H,12,14,15,16). The van der Waals surface area contributed by atoms with Crippen molar-refractivity contribution in [3.05, 3.63) is 18.5 Å². The summed E-state index contributed by atoms with van der Waals surface area (Å²) in [5.74, 6) is 1.16. The van der Waals surface area contributed by atoms with Crippen LogP contribution in [0.4, 0.5) is 5.95 Å². The van der Waals surface area contributed by atoms with Crippen LogP contribution in [0.25, 0.3) is 5.95 Å². The lowest BCUT2D eigenvalue weighted by atomic mass is 10.5. The van der Waals surface area contributed by atoms with Gasteiger partial charge in [0.15, 0.2) is 5.16 Å². The fourth-order valence-electron chi connectivity index (χ4n) is 1.34. The Hall–Kier alpha value is -2.16. The molecule has 106 valence electrons. The summed E-state index contributed by atoms with van der Waals surface area (Å²) < 4.78 is 6.13. The van der Waals surface area contributed by atoms with Gasteiger partial charge in [0, 0.05) is 25.2 Å². The molecule has 9 heteroatoms. The molecule has 0 aliphatic carbocycles. The minimum atomic E-state index is -0.257. The zero-order valence-corrected chi connectivity index (χ0v) is 11.9. The van der Waals surface area contributed by atoms with Gasteiger partial charge in [0.05, 0.1) is 13.5 Å². The lowest BCUT2D eigenvalue weighted by molar-refractivity contribution is -0.140. The number of hydrogen-bond donors (Lipinski definition) is 1. The molecule has 2 heterocycles. The van der Waals surface area contributed by atoms with E-state index < -0.39 is 0 Å². The number of aromatic nitrogens is 5. The number of rotatable bonds is 6. The van der Waals surface area contributed by atoms with Crippen molar-refractivity contribution >= 4 is 23.7 Å². The molecule has 0 saturated heterocycles. The number of thioether (sulfide) groups is 1. The van der Waals surface area contributed by atoms with Crippen LogP contribution in [0.2, 0.25) is 0 Å². The SMILES string of the molecule is CNc1nc(SCCC(=O)OC)nc(-n2cccn2)n1. The molecule has 0 amide bonds. The quantitative estimate of drug-likeness (QED) is 0.616. The molecule has 0 aliphatic heterocycles. The fraction of sp³-hybridized carbons (Fsp3) is 0.364. The number of carbonyl (C=O) groups excluding carboxylic acids is 1. The smallest absolute Gasteiger partial charge is 0.306 e. The normalized spacial score (nSPS) is 10.3. The first-order chi connectivity index (χ1) is 9.72. The van der Waals surface area contributed by atoms with Gasteiger partial charge in [0.2, 0.25) is 5.95 Å². The van der Waals surface area contributed by atoms with Crippen LogP contribution in [0.1, 0.15) is 6.42 Å². The van der Waals surface area contributed by atoms with E-state index in [4.69, 9.17) is 0 Å². The minimum absolute atomic E-state index is 0.257. The van der Waals surface area contributed by atoms with Crippen molar-refractivity contribution in [3.63, 3.8) is 0 Å². The third kappa shape index (κ3) is 3.67. The summed E-state index contributed by atoms with van der Waals surface area (Å²) in [5, 5.41) is 7.48. The van der Waals surface area contributed by atoms with Gasteiger partial charge in [-0.15, -0.1) is 0 Å². The van der Waals surface area contributed by atoms with Gasteiger partial charge >= 0.3 is 5.97 Å². The zero-order chi connectivity index (χ0) is 14.4. The summed E-state index contributed by atoms with van der Waals surface area (Å²) in [5.41, 5.74) is 0. The third-order valence-corrected chi connectivity index (χ3v) is 3.15. The van der Waals surface area contributed by atoms with E-state index in [0.717, 1.165) is 0 Å². The predicted octanol–water partition coefficient (Wildman–Crippen LogP) is 0.754. The Labute approximate surface area is 120 Å². The average molecular weight is 294 g/mol. The Morgan fingerprint density at radius 2 is 2.30 bits per heavy atom. The molecule has 0 radical (unpaired) electrons. The minimum Gasteiger partial charge on any atom is -0.469 e. The fourth-order valence-corrected chi connectivity index (χ4v) is 2.09. The molecule has 8 nitrogen and oxygen atoms in total. The molecule has 20 heavy (non-hydrogen) atoms. The molecule has 2 rings (SSSR count). The number of nitrogens with zero attached hydrogens (tertiary/aromatic N) is 5. The van der Waals surface area contributed by atoms with Gasteiger partial charge in [-0.05, 0) is 6.07 Å². The summed E-state index contributed by atoms with van der Waals surface area (Å²) in [6, 6.07) is 1.78. The Kier molecular flexibility index (Phi) is 4.88. The van der Waals surface area contributed by atoms with Gasteiger partial charge in [-0.3, -0.25) is 4.79 Å². The zero-order valence-electron chi connectivity index (χ0n) is 11.1. The molecule has 0 spiro atoms. The maximum Gasteiger partial charge on any atom is 0.306 e. The van der Waals surface area contributed by atoms with Crippen LogP contribution in [0.3, 0.4) is 0 Å². The second kappa shape index (κ2) is 6.85. The molecule has 0 bridgehead atoms. The van der Waals surface area contributed by atoms with E-state index in [-0.39, 0.29) is 5.97 Å². The van der Waals surface area contributed by atoms with Gasteiger partial charge in [-0.1, -0.05) is 11.8 Å². The largest absolute Gasteiger partial charge is 0.469 e. The van der Waals surface area contributed by atoms with Gasteiger partial charge in [0.25, 0.3) is 5.95 Å². The summed E-state index contributed by atoms with van der Waals surface area (Å²) >= 11 is 1.36. The second-order valence-corrected chi connectivity index (χ2v) is 4.68. The Morgan fingerprint density at radius 3 is 2.95 bits per heavy atom. The number of ether oxygens (including phenoxy) is 1. The summed E-state index contributed by atoms with van der Waals surface area (Å²) in [6.45, 7) is 0. The van der Waals surface area contributed by atoms with Crippen molar-refractivity contribution in [1.29, 1.82) is 0 Å². The van der Waals surface area contributed by atoms with Crippen LogP contribution < -0.4 is 5.32 Å². The Morgan fingerprint density at radius 1 is 1.45 bits per heavy atom. The number of hydrogen-bond acceptors (Lipinski definition) is 8. The molecule has 2 aromatic rings. The number of methoxy groups -OCH3 is 1. The van der Waals surface area contributed by atoms with E-state index in [1.165, 1.54) is 18.9 Å². The van der Waals surface area contributed by atoms with E-state index in [2.05, 4.69) is 30.1 Å². The monoisotopic (exact) mass is 294 g/mol. The van der Waals surface area contributed by atoms with Crippen LogP contribution in [-0.2, 0) is 9.53 Å². The molecule has 0 aromatic carbocycles. The molecule has 0 atom stereocenters. The highest BCUT2D eigenvalue weighted by Crippen LogP contribution is 2.16. The first-order valence-corrected chi connectivity index (χ1v) is 6.85. The van der Waals surface area contributed by atoms with E-state index >= 15 is 0 Å². The predicted molar refractivity (Wildman–Crippen MR) is 73.9 cm³/mol. The van der Waals surface area contributed by atoms with Gasteiger partial charge in [-0.25, -0.2) is 4.68 Å². The van der Waals surface area contributed by atoms with Crippen molar-refractivity contribution < 1.29 is 9.53 Å². The van der Waals surface area contributed by atoms with Crippen LogP contribution in [-0.4, -0.2) is 50.6 Å². The number of esters is 1. The molecule has 0 unspecified atom stereocenters. The lowest BCUT2D eigenvalue weighted by Crippen LogP contribution is -2.08.